The van der Waals surface area contributed by atoms with E-state index in [1.54, 1.807) is 4.90 Å². The zero-order valence-electron chi connectivity index (χ0n) is 14.1. The number of carbonyl (C=O) groups is 3. The average molecular weight is 426 g/mol. The predicted octanol–water partition coefficient (Wildman–Crippen LogP) is 2.36. The summed E-state index contributed by atoms with van der Waals surface area (Å²) in [5.41, 5.74) is 1.45. The lowest BCUT2D eigenvalue weighted by Gasteiger charge is -2.37. The number of hydrogen-bond acceptors (Lipinski definition) is 4. The summed E-state index contributed by atoms with van der Waals surface area (Å²) in [7, 11) is 0. The molecule has 0 radical (unpaired) electrons. The van der Waals surface area contributed by atoms with Gasteiger partial charge in [-0.05, 0) is 49.9 Å². The van der Waals surface area contributed by atoms with Gasteiger partial charge in [-0.15, -0.1) is 11.8 Å². The second kappa shape index (κ2) is 6.99. The van der Waals surface area contributed by atoms with Crippen LogP contribution in [-0.4, -0.2) is 47.1 Å². The molecule has 2 aliphatic rings. The van der Waals surface area contributed by atoms with Crippen LogP contribution in [0.3, 0.4) is 0 Å². The molecule has 1 aromatic rings. The first-order valence-corrected chi connectivity index (χ1v) is 9.89. The molecule has 0 unspecified atom stereocenters. The van der Waals surface area contributed by atoms with Gasteiger partial charge in [0.2, 0.25) is 5.91 Å². The number of rotatable bonds is 3. The van der Waals surface area contributed by atoms with E-state index < -0.39 is 11.6 Å². The summed E-state index contributed by atoms with van der Waals surface area (Å²) in [6.07, 6.45) is 0.912. The summed E-state index contributed by atoms with van der Waals surface area (Å²) < 4.78 is 1.07. The summed E-state index contributed by atoms with van der Waals surface area (Å²) >= 11 is 5.05. The van der Waals surface area contributed by atoms with Gasteiger partial charge in [0, 0.05) is 22.5 Å². The number of piperidine rings is 1. The fraction of sp³-hybridized carbons (Fsp3) is 0.471. The Balaban J connectivity index is 1.56. The molecule has 134 valence electrons. The number of hydrogen-bond donors (Lipinski definition) is 2. The molecule has 25 heavy (non-hydrogen) atoms. The second-order valence-electron chi connectivity index (χ2n) is 6.53. The van der Waals surface area contributed by atoms with Crippen molar-refractivity contribution in [3.63, 3.8) is 0 Å². The smallest absolute Gasteiger partial charge is 0.322 e. The van der Waals surface area contributed by atoms with Crippen molar-refractivity contribution in [3.05, 3.63) is 27.7 Å². The van der Waals surface area contributed by atoms with Crippen LogP contribution in [0.2, 0.25) is 0 Å². The van der Waals surface area contributed by atoms with Crippen LogP contribution in [0, 0.1) is 13.8 Å². The average Bonchev–Trinajstić information content (AvgIpc) is 2.83. The lowest BCUT2D eigenvalue weighted by molar-refractivity contribution is -0.133. The molecule has 0 bridgehead atoms. The number of thioether (sulfide) groups is 1. The summed E-state index contributed by atoms with van der Waals surface area (Å²) in [5, 5.41) is 4.99. The Morgan fingerprint density at radius 2 is 1.92 bits per heavy atom. The standard InChI is InChI=1S/C17H20BrN3O3S/c1-10-8-13(11(2)7-12(10)18)25-9-14(22)21-5-3-17(4-6-21)15(23)19-16(24)20-17/h7-8H,3-6,9H2,1-2H3,(H2,19,20,23,24). The largest absolute Gasteiger partial charge is 0.342 e. The molecular formula is C17H20BrN3O3S. The van der Waals surface area contributed by atoms with Crippen molar-refractivity contribution in [2.45, 2.75) is 37.1 Å². The molecule has 8 heteroatoms. The Bertz CT molecular complexity index is 745. The van der Waals surface area contributed by atoms with Gasteiger partial charge >= 0.3 is 6.03 Å². The number of likely N-dealkylation sites (tertiary alicyclic amines) is 1. The Kier molecular flexibility index (Phi) is 5.11. The van der Waals surface area contributed by atoms with Gasteiger partial charge in [0.15, 0.2) is 0 Å². The van der Waals surface area contributed by atoms with E-state index in [1.165, 1.54) is 11.8 Å². The molecule has 3 rings (SSSR count). The maximum atomic E-state index is 12.5. The van der Waals surface area contributed by atoms with E-state index in [-0.39, 0.29) is 11.8 Å². The van der Waals surface area contributed by atoms with Crippen molar-refractivity contribution in [1.29, 1.82) is 0 Å². The molecule has 2 aliphatic heterocycles. The molecule has 0 atom stereocenters. The molecular weight excluding hydrogens is 406 g/mol. The van der Waals surface area contributed by atoms with E-state index in [4.69, 9.17) is 0 Å². The van der Waals surface area contributed by atoms with Crippen molar-refractivity contribution >= 4 is 45.5 Å². The highest BCUT2D eigenvalue weighted by Crippen LogP contribution is 2.30. The summed E-state index contributed by atoms with van der Waals surface area (Å²) in [5.74, 6) is 0.150. The third-order valence-corrected chi connectivity index (χ3v) is 6.79. The number of halogens is 1. The fourth-order valence-corrected chi connectivity index (χ4v) is 4.62. The number of urea groups is 1. The maximum Gasteiger partial charge on any atom is 0.322 e. The van der Waals surface area contributed by atoms with Gasteiger partial charge in [0.1, 0.15) is 5.54 Å². The van der Waals surface area contributed by atoms with Crippen molar-refractivity contribution < 1.29 is 14.4 Å². The number of aryl methyl sites for hydroxylation is 2. The SMILES string of the molecule is Cc1cc(SCC(=O)N2CCC3(CC2)NC(=O)NC3=O)c(C)cc1Br. The van der Waals surface area contributed by atoms with Crippen LogP contribution >= 0.6 is 27.7 Å². The van der Waals surface area contributed by atoms with E-state index in [0.717, 1.165) is 20.5 Å². The molecule has 2 saturated heterocycles. The highest BCUT2D eigenvalue weighted by Gasteiger charge is 2.48. The van der Waals surface area contributed by atoms with Crippen LogP contribution in [0.5, 0.6) is 0 Å². The minimum atomic E-state index is -0.833. The topological polar surface area (TPSA) is 78.5 Å². The van der Waals surface area contributed by atoms with Gasteiger partial charge in [-0.2, -0.15) is 0 Å². The summed E-state index contributed by atoms with van der Waals surface area (Å²) in [6.45, 7) is 5.01. The van der Waals surface area contributed by atoms with Gasteiger partial charge in [-0.1, -0.05) is 15.9 Å². The van der Waals surface area contributed by atoms with Crippen molar-refractivity contribution in [3.8, 4) is 0 Å². The zero-order valence-corrected chi connectivity index (χ0v) is 16.6. The van der Waals surface area contributed by atoms with Crippen molar-refractivity contribution in [2.75, 3.05) is 18.8 Å². The highest BCUT2D eigenvalue weighted by atomic mass is 79.9. The van der Waals surface area contributed by atoms with E-state index in [1.807, 2.05) is 13.8 Å². The molecule has 4 amide bonds. The van der Waals surface area contributed by atoms with E-state index >= 15 is 0 Å². The minimum absolute atomic E-state index is 0.0598. The molecule has 1 aromatic carbocycles. The number of carbonyl (C=O) groups excluding carboxylic acids is 3. The maximum absolute atomic E-state index is 12.5. The predicted molar refractivity (Wildman–Crippen MR) is 99.6 cm³/mol. The Labute approximate surface area is 159 Å². The molecule has 1 spiro atoms. The first-order valence-electron chi connectivity index (χ1n) is 8.12. The quantitative estimate of drug-likeness (QED) is 0.575. The van der Waals surface area contributed by atoms with Crippen LogP contribution < -0.4 is 10.6 Å². The monoisotopic (exact) mass is 425 g/mol. The molecule has 0 saturated carbocycles. The fourth-order valence-electron chi connectivity index (χ4n) is 3.16. The van der Waals surface area contributed by atoms with Gasteiger partial charge in [-0.3, -0.25) is 14.9 Å². The normalized spacial score (nSPS) is 19.1. The second-order valence-corrected chi connectivity index (χ2v) is 8.40. The first-order chi connectivity index (χ1) is 11.8. The Morgan fingerprint density at radius 1 is 1.24 bits per heavy atom. The van der Waals surface area contributed by atoms with Crippen LogP contribution in [0.25, 0.3) is 0 Å². The Hall–Kier alpha value is -1.54. The number of amides is 4. The van der Waals surface area contributed by atoms with Crippen molar-refractivity contribution in [2.24, 2.45) is 0 Å². The molecule has 2 N–H and O–H groups in total. The van der Waals surface area contributed by atoms with E-state index in [9.17, 15) is 14.4 Å². The van der Waals surface area contributed by atoms with E-state index in [0.29, 0.717) is 31.7 Å². The molecule has 2 fully saturated rings. The van der Waals surface area contributed by atoms with Crippen LogP contribution in [0.4, 0.5) is 4.79 Å². The van der Waals surface area contributed by atoms with Gasteiger partial charge in [0.25, 0.3) is 5.91 Å². The van der Waals surface area contributed by atoms with E-state index in [2.05, 4.69) is 38.7 Å². The molecule has 0 aromatic heterocycles. The zero-order chi connectivity index (χ0) is 18.2. The number of benzene rings is 1. The minimum Gasteiger partial charge on any atom is -0.342 e. The third kappa shape index (κ3) is 3.69. The number of nitrogens with one attached hydrogen (secondary N) is 2. The summed E-state index contributed by atoms with van der Waals surface area (Å²) in [4.78, 5) is 38.7. The first kappa shape index (κ1) is 18.3. The van der Waals surface area contributed by atoms with Gasteiger partial charge in [-0.25, -0.2) is 4.79 Å². The third-order valence-electron chi connectivity index (χ3n) is 4.79. The van der Waals surface area contributed by atoms with Gasteiger partial charge in [0.05, 0.1) is 5.75 Å². The van der Waals surface area contributed by atoms with Gasteiger partial charge < -0.3 is 10.2 Å². The lowest BCUT2D eigenvalue weighted by atomic mass is 9.88. The Morgan fingerprint density at radius 3 is 2.52 bits per heavy atom. The number of nitrogens with zero attached hydrogens (tertiary/aromatic N) is 1. The molecule has 0 aliphatic carbocycles. The highest BCUT2D eigenvalue weighted by molar-refractivity contribution is 9.10. The van der Waals surface area contributed by atoms with Crippen LogP contribution in [0.1, 0.15) is 24.0 Å². The number of imide groups is 1. The van der Waals surface area contributed by atoms with Crippen LogP contribution in [-0.2, 0) is 9.59 Å². The molecule has 6 nitrogen and oxygen atoms in total. The summed E-state index contributed by atoms with van der Waals surface area (Å²) in [6, 6.07) is 3.70. The molecule has 2 heterocycles. The van der Waals surface area contributed by atoms with Crippen LogP contribution in [0.15, 0.2) is 21.5 Å². The lowest BCUT2D eigenvalue weighted by Crippen LogP contribution is -2.56. The van der Waals surface area contributed by atoms with Crippen molar-refractivity contribution in [1.82, 2.24) is 15.5 Å².